The first kappa shape index (κ1) is 22.6. The number of anilines is 1. The quantitative estimate of drug-likeness (QED) is 0.515. The minimum atomic E-state index is -0.655. The van der Waals surface area contributed by atoms with Crippen LogP contribution in [0.3, 0.4) is 0 Å². The number of hydrogen-bond donors (Lipinski definition) is 3. The van der Waals surface area contributed by atoms with Crippen molar-refractivity contribution in [3.8, 4) is 28.6 Å². The van der Waals surface area contributed by atoms with E-state index in [0.29, 0.717) is 29.4 Å². The number of benzene rings is 2. The molecule has 170 valence electrons. The molecule has 1 fully saturated rings. The topological polar surface area (TPSA) is 103 Å². The Balaban J connectivity index is 1.91. The molecule has 33 heavy (non-hydrogen) atoms. The normalized spacial score (nSPS) is 15.4. The van der Waals surface area contributed by atoms with Crippen molar-refractivity contribution >= 4 is 5.82 Å². The lowest BCUT2D eigenvalue weighted by Gasteiger charge is -2.20. The van der Waals surface area contributed by atoms with Gasteiger partial charge in [-0.3, -0.25) is 4.79 Å². The zero-order valence-corrected chi connectivity index (χ0v) is 18.4. The molecule has 3 N–H and O–H groups in total. The van der Waals surface area contributed by atoms with Crippen LogP contribution < -0.4 is 16.2 Å². The van der Waals surface area contributed by atoms with Crippen LogP contribution in [-0.4, -0.2) is 40.9 Å². The van der Waals surface area contributed by atoms with E-state index in [4.69, 9.17) is 5.26 Å². The summed E-state index contributed by atoms with van der Waals surface area (Å²) in [5, 5.41) is 25.3. The van der Waals surface area contributed by atoms with E-state index in [-0.39, 0.29) is 30.1 Å². The maximum atomic E-state index is 14.5. The lowest BCUT2D eigenvalue weighted by molar-refractivity contribution is 0.275. The zero-order chi connectivity index (χ0) is 23.4. The van der Waals surface area contributed by atoms with Gasteiger partial charge in [-0.05, 0) is 44.5 Å². The first-order valence-electron chi connectivity index (χ1n) is 11.0. The molecule has 1 aliphatic heterocycles. The Bertz CT molecular complexity index is 1240. The summed E-state index contributed by atoms with van der Waals surface area (Å²) in [6.07, 6.45) is 1.01. The lowest BCUT2D eigenvalue weighted by Crippen LogP contribution is -2.30. The van der Waals surface area contributed by atoms with Crippen LogP contribution in [0.5, 0.6) is 0 Å². The van der Waals surface area contributed by atoms with Crippen molar-refractivity contribution in [2.24, 2.45) is 5.92 Å². The van der Waals surface area contributed by atoms with Crippen LogP contribution in [0.15, 0.2) is 47.3 Å². The van der Waals surface area contributed by atoms with Gasteiger partial charge >= 0.3 is 0 Å². The molecule has 2 aromatic carbocycles. The van der Waals surface area contributed by atoms with Crippen molar-refractivity contribution in [1.82, 2.24) is 14.9 Å². The van der Waals surface area contributed by atoms with Crippen LogP contribution >= 0.6 is 0 Å². The third kappa shape index (κ3) is 4.80. The Hall–Kier alpha value is -3.54. The molecule has 1 saturated heterocycles. The number of nitriles is 1. The van der Waals surface area contributed by atoms with Crippen LogP contribution in [0.2, 0.25) is 0 Å². The smallest absolute Gasteiger partial charge is 0.293 e. The van der Waals surface area contributed by atoms with Crippen LogP contribution in [0.25, 0.3) is 22.5 Å². The molecular formula is C25H26FN5O2. The number of hydrogen-bond acceptors (Lipinski definition) is 6. The summed E-state index contributed by atoms with van der Waals surface area (Å²) in [5.74, 6) is -0.117. The van der Waals surface area contributed by atoms with Gasteiger partial charge in [0.15, 0.2) is 5.82 Å². The number of nitrogens with zero attached hydrogens (tertiary/aromatic N) is 3. The molecule has 0 radical (unpaired) electrons. The number of nitrogens with one attached hydrogen (secondary N) is 2. The van der Waals surface area contributed by atoms with E-state index in [1.807, 2.05) is 37.3 Å². The molecule has 0 aliphatic carbocycles. The first-order chi connectivity index (χ1) is 16.0. The van der Waals surface area contributed by atoms with Crippen molar-refractivity contribution in [1.29, 1.82) is 5.26 Å². The molecule has 1 aliphatic rings. The number of aliphatic hydroxyl groups excluding tert-OH is 1. The molecule has 0 amide bonds. The highest BCUT2D eigenvalue weighted by molar-refractivity contribution is 5.79. The van der Waals surface area contributed by atoms with E-state index in [2.05, 4.69) is 15.6 Å². The Morgan fingerprint density at radius 2 is 2.03 bits per heavy atom. The van der Waals surface area contributed by atoms with Crippen LogP contribution in [0.4, 0.5) is 10.2 Å². The number of aryl methyl sites for hydroxylation is 1. The van der Waals surface area contributed by atoms with Gasteiger partial charge in [0.2, 0.25) is 0 Å². The van der Waals surface area contributed by atoms with E-state index in [9.17, 15) is 14.3 Å². The third-order valence-corrected chi connectivity index (χ3v) is 5.90. The lowest BCUT2D eigenvalue weighted by atomic mass is 10.0. The fourth-order valence-corrected chi connectivity index (χ4v) is 4.09. The summed E-state index contributed by atoms with van der Waals surface area (Å²) in [5.41, 5.74) is 2.71. The Morgan fingerprint density at radius 1 is 1.27 bits per heavy atom. The Kier molecular flexibility index (Phi) is 6.82. The van der Waals surface area contributed by atoms with E-state index in [1.54, 1.807) is 6.07 Å². The Labute approximate surface area is 191 Å². The van der Waals surface area contributed by atoms with Gasteiger partial charge in [0, 0.05) is 24.2 Å². The van der Waals surface area contributed by atoms with Crippen LogP contribution in [0.1, 0.15) is 17.5 Å². The predicted molar refractivity (Wildman–Crippen MR) is 125 cm³/mol. The van der Waals surface area contributed by atoms with Gasteiger partial charge in [-0.25, -0.2) is 9.37 Å². The van der Waals surface area contributed by atoms with Gasteiger partial charge < -0.3 is 20.3 Å². The minimum absolute atomic E-state index is 0.0635. The third-order valence-electron chi connectivity index (χ3n) is 5.90. The van der Waals surface area contributed by atoms with Gasteiger partial charge in [-0.15, -0.1) is 0 Å². The molecule has 0 saturated carbocycles. The molecule has 0 unspecified atom stereocenters. The van der Waals surface area contributed by atoms with Gasteiger partial charge in [0.25, 0.3) is 5.56 Å². The standard InChI is InChI=1S/C25H26FN5O2/c1-16-2-4-18(5-3-16)23-22(19-6-7-20(13-27)21(26)12-19)30-24(25(33)31(23)10-11-32)29-15-17-8-9-28-14-17/h2-7,12,17,28,32H,8-11,14-15H2,1H3,(H,29,30)/t17-/m0/s1. The Morgan fingerprint density at radius 3 is 2.67 bits per heavy atom. The van der Waals surface area contributed by atoms with Gasteiger partial charge in [0.1, 0.15) is 11.9 Å². The van der Waals surface area contributed by atoms with Gasteiger partial charge in [-0.2, -0.15) is 5.26 Å². The number of rotatable bonds is 7. The summed E-state index contributed by atoms with van der Waals surface area (Å²) in [7, 11) is 0. The minimum Gasteiger partial charge on any atom is -0.395 e. The second-order valence-corrected chi connectivity index (χ2v) is 8.25. The molecule has 0 spiro atoms. The van der Waals surface area contributed by atoms with Crippen molar-refractivity contribution in [3.63, 3.8) is 0 Å². The monoisotopic (exact) mass is 447 g/mol. The second-order valence-electron chi connectivity index (χ2n) is 8.25. The molecule has 2 heterocycles. The maximum Gasteiger partial charge on any atom is 0.293 e. The molecule has 7 nitrogen and oxygen atoms in total. The SMILES string of the molecule is Cc1ccc(-c2c(-c3ccc(C#N)c(F)c3)nc(NC[C@H]3CCNC3)c(=O)n2CCO)cc1. The summed E-state index contributed by atoms with van der Waals surface area (Å²) in [4.78, 5) is 18.0. The molecular weight excluding hydrogens is 421 g/mol. The molecule has 0 bridgehead atoms. The highest BCUT2D eigenvalue weighted by Crippen LogP contribution is 2.32. The molecule has 4 rings (SSSR count). The summed E-state index contributed by atoms with van der Waals surface area (Å²) in [6.45, 7) is 4.18. The van der Waals surface area contributed by atoms with Gasteiger partial charge in [-0.1, -0.05) is 35.9 Å². The molecule has 8 heteroatoms. The van der Waals surface area contributed by atoms with Crippen molar-refractivity contribution in [2.45, 2.75) is 19.9 Å². The van der Waals surface area contributed by atoms with E-state index >= 15 is 0 Å². The fraction of sp³-hybridized carbons (Fsp3) is 0.320. The average Bonchev–Trinajstić information content (AvgIpc) is 3.34. The van der Waals surface area contributed by atoms with Crippen LogP contribution in [0, 0.1) is 30.0 Å². The van der Waals surface area contributed by atoms with Crippen molar-refractivity contribution < 1.29 is 9.50 Å². The van der Waals surface area contributed by atoms with Crippen molar-refractivity contribution in [3.05, 3.63) is 69.8 Å². The van der Waals surface area contributed by atoms with E-state index < -0.39 is 5.82 Å². The number of aromatic nitrogens is 2. The van der Waals surface area contributed by atoms with Gasteiger partial charge in [0.05, 0.1) is 23.6 Å². The van der Waals surface area contributed by atoms with E-state index in [0.717, 1.165) is 30.6 Å². The van der Waals surface area contributed by atoms with E-state index in [1.165, 1.54) is 16.7 Å². The summed E-state index contributed by atoms with van der Waals surface area (Å²) in [6, 6.07) is 13.7. The number of halogens is 1. The molecule has 3 aromatic rings. The highest BCUT2D eigenvalue weighted by atomic mass is 19.1. The first-order valence-corrected chi connectivity index (χ1v) is 11.0. The molecule has 1 aromatic heterocycles. The second kappa shape index (κ2) is 9.94. The number of aliphatic hydroxyl groups is 1. The fourth-order valence-electron chi connectivity index (χ4n) is 4.09. The predicted octanol–water partition coefficient (Wildman–Crippen LogP) is 2.91. The largest absolute Gasteiger partial charge is 0.395 e. The maximum absolute atomic E-state index is 14.5. The van der Waals surface area contributed by atoms with Crippen molar-refractivity contribution in [2.75, 3.05) is 31.6 Å². The molecule has 1 atom stereocenters. The summed E-state index contributed by atoms with van der Waals surface area (Å²) < 4.78 is 16.0. The zero-order valence-electron chi connectivity index (χ0n) is 18.4. The average molecular weight is 448 g/mol. The van der Waals surface area contributed by atoms with Crippen LogP contribution in [-0.2, 0) is 6.54 Å². The highest BCUT2D eigenvalue weighted by Gasteiger charge is 2.22. The summed E-state index contributed by atoms with van der Waals surface area (Å²) >= 11 is 0.